The molecule has 0 bridgehead atoms. The van der Waals surface area contributed by atoms with Crippen molar-refractivity contribution in [2.75, 3.05) is 6.61 Å². The summed E-state index contributed by atoms with van der Waals surface area (Å²) in [6.07, 6.45) is 0.698. The number of ether oxygens (including phenoxy) is 1. The summed E-state index contributed by atoms with van der Waals surface area (Å²) in [4.78, 5) is 22.2. The first-order chi connectivity index (χ1) is 8.04. The Kier molecular flexibility index (Phi) is 7.45. The Labute approximate surface area is 122 Å². The Hall–Kier alpha value is -1.21. The molecule has 1 aromatic carbocycles. The quantitative estimate of drug-likeness (QED) is 0.210. The summed E-state index contributed by atoms with van der Waals surface area (Å²) in [5.74, 6) is -2.59. The zero-order valence-electron chi connectivity index (χ0n) is 10.1. The Bertz CT molecular complexity index is 471. The van der Waals surface area contributed by atoms with Crippen LogP contribution in [0.25, 0.3) is 5.76 Å². The monoisotopic (exact) mass is 260 g/mol. The molecule has 0 amide bonds. The first-order valence-electron chi connectivity index (χ1n) is 4.90. The van der Waals surface area contributed by atoms with Gasteiger partial charge in [-0.1, -0.05) is 29.5 Å². The van der Waals surface area contributed by atoms with Crippen molar-refractivity contribution in [3.63, 3.8) is 0 Å². The second kappa shape index (κ2) is 7.99. The van der Waals surface area contributed by atoms with Gasteiger partial charge in [0.05, 0.1) is 6.61 Å². The average Bonchev–Trinajstić information content (AvgIpc) is 2.29. The van der Waals surface area contributed by atoms with Crippen LogP contribution in [0.2, 0.25) is 5.02 Å². The third-order valence-electron chi connectivity index (χ3n) is 1.85. The maximum atomic E-state index is 11.6. The number of hydrogen-bond donors (Lipinski definition) is 0. The number of rotatable bonds is 4. The number of ketones is 1. The number of benzene rings is 1. The number of halogens is 1. The van der Waals surface area contributed by atoms with E-state index in [1.165, 1.54) is 12.1 Å². The van der Waals surface area contributed by atoms with Crippen LogP contribution in [0.3, 0.4) is 0 Å². The Morgan fingerprint density at radius 1 is 1.44 bits per heavy atom. The fraction of sp³-hybridized carbons (Fsp3) is 0.167. The second-order valence-corrected chi connectivity index (χ2v) is 3.54. The SMILES string of the molecule is CCOC(=O)C(=O)C=C([O-])c1cccc(Cl)c1.[Li+]. The van der Waals surface area contributed by atoms with Gasteiger partial charge >= 0.3 is 24.8 Å². The van der Waals surface area contributed by atoms with E-state index in [0.717, 1.165) is 0 Å². The molecule has 0 radical (unpaired) electrons. The summed E-state index contributed by atoms with van der Waals surface area (Å²) in [5.41, 5.74) is 0.246. The molecular formula is C12H10ClLiO4. The van der Waals surface area contributed by atoms with Crippen LogP contribution in [0, 0.1) is 0 Å². The molecule has 0 fully saturated rings. The summed E-state index contributed by atoms with van der Waals surface area (Å²) in [5, 5.41) is 12.0. The molecule has 0 N–H and O–H groups in total. The van der Waals surface area contributed by atoms with Crippen LogP contribution in [-0.4, -0.2) is 18.4 Å². The molecule has 0 heterocycles. The maximum Gasteiger partial charge on any atom is 1.00 e. The fourth-order valence-electron chi connectivity index (χ4n) is 1.11. The molecule has 1 rings (SSSR count). The van der Waals surface area contributed by atoms with Gasteiger partial charge in [-0.15, -0.1) is 0 Å². The van der Waals surface area contributed by atoms with Crippen molar-refractivity contribution in [3.05, 3.63) is 40.9 Å². The standard InChI is InChI=1S/C12H11ClO4.Li/c1-2-17-12(16)11(15)7-10(14)8-4-3-5-9(13)6-8;/h3-7,14H,2H2,1H3;/q;+1/p-1. The largest absolute Gasteiger partial charge is 1.00 e. The van der Waals surface area contributed by atoms with Crippen molar-refractivity contribution in [2.24, 2.45) is 0 Å². The minimum atomic E-state index is -1.04. The Balaban J connectivity index is 0.00000289. The molecule has 0 spiro atoms. The molecule has 0 saturated carbocycles. The summed E-state index contributed by atoms with van der Waals surface area (Å²) in [6.45, 7) is 1.66. The van der Waals surface area contributed by atoms with E-state index in [0.29, 0.717) is 11.1 Å². The van der Waals surface area contributed by atoms with Crippen molar-refractivity contribution in [1.29, 1.82) is 0 Å². The molecule has 0 atom stereocenters. The molecule has 6 heteroatoms. The molecule has 0 aromatic heterocycles. The van der Waals surface area contributed by atoms with Gasteiger partial charge in [0.15, 0.2) is 0 Å². The van der Waals surface area contributed by atoms with E-state index in [-0.39, 0.29) is 31.0 Å². The zero-order valence-corrected chi connectivity index (χ0v) is 10.9. The van der Waals surface area contributed by atoms with Crippen LogP contribution in [0.15, 0.2) is 30.3 Å². The minimum Gasteiger partial charge on any atom is -0.872 e. The first-order valence-corrected chi connectivity index (χ1v) is 5.28. The maximum absolute atomic E-state index is 11.6. The van der Waals surface area contributed by atoms with Crippen molar-refractivity contribution >= 4 is 29.1 Å². The molecule has 1 aromatic rings. The van der Waals surface area contributed by atoms with Crippen LogP contribution in [0.5, 0.6) is 0 Å². The number of carbonyl (C=O) groups is 2. The zero-order chi connectivity index (χ0) is 12.8. The third kappa shape index (κ3) is 4.97. The van der Waals surface area contributed by atoms with Crippen LogP contribution in [0.1, 0.15) is 12.5 Å². The van der Waals surface area contributed by atoms with Gasteiger partial charge in [-0.2, -0.15) is 0 Å². The Morgan fingerprint density at radius 3 is 2.67 bits per heavy atom. The van der Waals surface area contributed by atoms with E-state index in [4.69, 9.17) is 11.6 Å². The van der Waals surface area contributed by atoms with Crippen molar-refractivity contribution in [1.82, 2.24) is 0 Å². The molecule has 0 aliphatic carbocycles. The first kappa shape index (κ1) is 16.8. The number of carbonyl (C=O) groups excluding carboxylic acids is 2. The molecule has 0 aliphatic rings. The number of esters is 1. The van der Waals surface area contributed by atoms with Gasteiger partial charge in [-0.05, 0) is 30.7 Å². The van der Waals surface area contributed by atoms with Crippen LogP contribution < -0.4 is 24.0 Å². The van der Waals surface area contributed by atoms with Gasteiger partial charge in [0.2, 0.25) is 0 Å². The van der Waals surface area contributed by atoms with Gasteiger partial charge < -0.3 is 9.84 Å². The predicted molar refractivity (Wildman–Crippen MR) is 61.1 cm³/mol. The molecule has 0 saturated heterocycles. The van der Waals surface area contributed by atoms with Crippen LogP contribution in [-0.2, 0) is 14.3 Å². The molecule has 4 nitrogen and oxygen atoms in total. The second-order valence-electron chi connectivity index (χ2n) is 3.10. The van der Waals surface area contributed by atoms with E-state index in [2.05, 4.69) is 4.74 Å². The molecule has 18 heavy (non-hydrogen) atoms. The van der Waals surface area contributed by atoms with E-state index in [9.17, 15) is 14.7 Å². The third-order valence-corrected chi connectivity index (χ3v) is 2.08. The topological polar surface area (TPSA) is 66.4 Å². The van der Waals surface area contributed by atoms with E-state index < -0.39 is 17.5 Å². The predicted octanol–water partition coefficient (Wildman–Crippen LogP) is -1.82. The summed E-state index contributed by atoms with van der Waals surface area (Å²) in [7, 11) is 0. The average molecular weight is 261 g/mol. The minimum absolute atomic E-state index is 0. The van der Waals surface area contributed by atoms with Gasteiger partial charge in [0.1, 0.15) is 0 Å². The van der Waals surface area contributed by atoms with Gasteiger partial charge in [0, 0.05) is 5.02 Å². The summed E-state index contributed by atoms with van der Waals surface area (Å²) in [6, 6.07) is 6.10. The number of hydrogen-bond acceptors (Lipinski definition) is 4. The van der Waals surface area contributed by atoms with E-state index >= 15 is 0 Å². The Morgan fingerprint density at radius 2 is 2.11 bits per heavy atom. The van der Waals surface area contributed by atoms with Gasteiger partial charge in [-0.25, -0.2) is 4.79 Å². The van der Waals surface area contributed by atoms with Crippen molar-refractivity contribution in [2.45, 2.75) is 6.92 Å². The van der Waals surface area contributed by atoms with E-state index in [1.54, 1.807) is 19.1 Å². The molecule has 0 unspecified atom stereocenters. The summed E-state index contributed by atoms with van der Waals surface area (Å²) >= 11 is 5.70. The van der Waals surface area contributed by atoms with Gasteiger partial charge in [-0.3, -0.25) is 4.79 Å². The van der Waals surface area contributed by atoms with Gasteiger partial charge in [0.25, 0.3) is 5.78 Å². The normalized spacial score (nSPS) is 10.4. The van der Waals surface area contributed by atoms with Crippen molar-refractivity contribution in [3.8, 4) is 0 Å². The molecular weight excluding hydrogens is 251 g/mol. The van der Waals surface area contributed by atoms with Crippen LogP contribution in [0.4, 0.5) is 0 Å². The fourth-order valence-corrected chi connectivity index (χ4v) is 1.30. The molecule has 90 valence electrons. The van der Waals surface area contributed by atoms with E-state index in [1.807, 2.05) is 0 Å². The summed E-state index contributed by atoms with van der Waals surface area (Å²) < 4.78 is 4.47. The van der Waals surface area contributed by atoms with Crippen molar-refractivity contribution < 1.29 is 38.3 Å². The molecule has 0 aliphatic heterocycles. The van der Waals surface area contributed by atoms with Crippen LogP contribution >= 0.6 is 11.6 Å². The smallest absolute Gasteiger partial charge is 0.872 e.